The van der Waals surface area contributed by atoms with Crippen LogP contribution in [0.2, 0.25) is 0 Å². The molecule has 4 unspecified atom stereocenters. The van der Waals surface area contributed by atoms with Gasteiger partial charge in [0.25, 0.3) is 0 Å². The maximum Gasteiger partial charge on any atom is 0.314 e. The molecule has 0 aliphatic rings. The minimum atomic E-state index is -1.63. The molecule has 4 aromatic rings. The van der Waals surface area contributed by atoms with Gasteiger partial charge in [0.05, 0.1) is 70.2 Å². The standard InChI is InChI=1S/C32H32N2O11S4/c1-3-43-29(41)19(15-46-31-33-21-9-5-7-11-23(21)48-31)17(27(37)38)13-25(35)45-26(36)14-18(28(39)40)20(30(42)44-4-2)16-47-32-34-22-10-6-8-12-24(22)49-32/h5-12,17-20H,3-4,13-16H2,1-2H3,(H,37,38)(H,39,40). The molecule has 0 spiro atoms. The molecule has 17 heteroatoms. The first-order valence-corrected chi connectivity index (χ1v) is 18.6. The van der Waals surface area contributed by atoms with Crippen molar-refractivity contribution < 1.29 is 53.2 Å². The zero-order valence-corrected chi connectivity index (χ0v) is 29.5. The molecular formula is C32H32N2O11S4. The molecule has 0 fully saturated rings. The number of thiazole rings is 2. The van der Waals surface area contributed by atoms with Crippen LogP contribution in [0.5, 0.6) is 0 Å². The van der Waals surface area contributed by atoms with Gasteiger partial charge in [-0.1, -0.05) is 47.8 Å². The van der Waals surface area contributed by atoms with E-state index in [1.165, 1.54) is 22.7 Å². The number of fused-ring (bicyclic) bond motifs is 2. The largest absolute Gasteiger partial charge is 0.481 e. The van der Waals surface area contributed by atoms with E-state index in [-0.39, 0.29) is 24.7 Å². The van der Waals surface area contributed by atoms with Crippen molar-refractivity contribution in [3.05, 3.63) is 48.5 Å². The van der Waals surface area contributed by atoms with E-state index >= 15 is 0 Å². The average Bonchev–Trinajstić information content (AvgIpc) is 3.67. The summed E-state index contributed by atoms with van der Waals surface area (Å²) in [6.45, 7) is 3.04. The second kappa shape index (κ2) is 18.1. The first kappa shape index (κ1) is 37.8. The van der Waals surface area contributed by atoms with Gasteiger partial charge in [-0.05, 0) is 38.1 Å². The third-order valence-corrected chi connectivity index (χ3v) is 11.7. The summed E-state index contributed by atoms with van der Waals surface area (Å²) < 4.78 is 18.0. The van der Waals surface area contributed by atoms with Crippen molar-refractivity contribution >= 4 is 102 Å². The number of carboxylic acid groups (broad SMARTS) is 2. The molecule has 4 rings (SSSR count). The summed E-state index contributed by atoms with van der Waals surface area (Å²) in [5, 5.41) is 20.0. The highest BCUT2D eigenvalue weighted by Crippen LogP contribution is 2.35. The maximum absolute atomic E-state index is 12.9. The number of carbonyl (C=O) groups is 6. The molecule has 2 aromatic heterocycles. The number of benzene rings is 2. The number of ether oxygens (including phenoxy) is 3. The van der Waals surface area contributed by atoms with Crippen LogP contribution in [0.25, 0.3) is 20.4 Å². The topological polar surface area (TPSA) is 196 Å². The summed E-state index contributed by atoms with van der Waals surface area (Å²) in [7, 11) is 0. The predicted octanol–water partition coefficient (Wildman–Crippen LogP) is 5.40. The van der Waals surface area contributed by atoms with Crippen molar-refractivity contribution in [1.82, 2.24) is 9.97 Å². The second-order valence-corrected chi connectivity index (χ2v) is 15.0. The summed E-state index contributed by atoms with van der Waals surface area (Å²) in [6, 6.07) is 14.7. The van der Waals surface area contributed by atoms with Gasteiger partial charge in [-0.2, -0.15) is 0 Å². The Morgan fingerprint density at radius 3 is 1.39 bits per heavy atom. The van der Waals surface area contributed by atoms with Crippen molar-refractivity contribution in [3.8, 4) is 0 Å². The molecule has 260 valence electrons. The number of carbonyl (C=O) groups excluding carboxylic acids is 4. The molecule has 0 saturated carbocycles. The third-order valence-electron chi connectivity index (χ3n) is 7.11. The van der Waals surface area contributed by atoms with Gasteiger partial charge in [-0.25, -0.2) is 9.97 Å². The molecule has 0 radical (unpaired) electrons. The van der Waals surface area contributed by atoms with Gasteiger partial charge in [0.1, 0.15) is 0 Å². The van der Waals surface area contributed by atoms with E-state index in [0.717, 1.165) is 44.0 Å². The fourth-order valence-corrected chi connectivity index (χ4v) is 9.24. The summed E-state index contributed by atoms with van der Waals surface area (Å²) in [5.74, 6) is -13.3. The molecule has 2 aromatic carbocycles. The van der Waals surface area contributed by atoms with Crippen LogP contribution in [-0.4, -0.2) is 80.7 Å². The Bertz CT molecular complexity index is 1630. The van der Waals surface area contributed by atoms with Crippen molar-refractivity contribution in [2.24, 2.45) is 23.7 Å². The summed E-state index contributed by atoms with van der Waals surface area (Å²) >= 11 is 4.97. The number of nitrogens with zero attached hydrogens (tertiary/aromatic N) is 2. The zero-order valence-electron chi connectivity index (χ0n) is 26.3. The monoisotopic (exact) mass is 748 g/mol. The second-order valence-electron chi connectivity index (χ2n) is 10.4. The smallest absolute Gasteiger partial charge is 0.314 e. The molecule has 0 saturated heterocycles. The number of carboxylic acids is 2. The van der Waals surface area contributed by atoms with Gasteiger partial charge in [0.15, 0.2) is 8.68 Å². The molecule has 0 bridgehead atoms. The molecule has 49 heavy (non-hydrogen) atoms. The lowest BCUT2D eigenvalue weighted by atomic mass is 9.90. The van der Waals surface area contributed by atoms with Crippen molar-refractivity contribution in [3.63, 3.8) is 0 Å². The minimum Gasteiger partial charge on any atom is -0.481 e. The Kier molecular flexibility index (Phi) is 13.9. The Hall–Kier alpha value is -4.06. The number of thioether (sulfide) groups is 2. The van der Waals surface area contributed by atoms with Crippen LogP contribution in [0, 0.1) is 23.7 Å². The van der Waals surface area contributed by atoms with Crippen LogP contribution in [0.4, 0.5) is 0 Å². The lowest BCUT2D eigenvalue weighted by Crippen LogP contribution is -2.37. The summed E-state index contributed by atoms with van der Waals surface area (Å²) in [4.78, 5) is 85.0. The van der Waals surface area contributed by atoms with Gasteiger partial charge < -0.3 is 24.4 Å². The number of esters is 4. The molecule has 0 aliphatic carbocycles. The fourth-order valence-electron chi connectivity index (χ4n) is 4.72. The zero-order chi connectivity index (χ0) is 35.5. The Morgan fingerprint density at radius 1 is 0.653 bits per heavy atom. The molecular weight excluding hydrogens is 717 g/mol. The number of para-hydroxylation sites is 2. The van der Waals surface area contributed by atoms with E-state index in [2.05, 4.69) is 9.97 Å². The van der Waals surface area contributed by atoms with Crippen LogP contribution in [-0.2, 0) is 43.0 Å². The highest BCUT2D eigenvalue weighted by Gasteiger charge is 2.40. The minimum absolute atomic E-state index is 0.0358. The van der Waals surface area contributed by atoms with Gasteiger partial charge in [0, 0.05) is 11.5 Å². The van der Waals surface area contributed by atoms with Crippen molar-refractivity contribution in [1.29, 1.82) is 0 Å². The van der Waals surface area contributed by atoms with Gasteiger partial charge in [0.2, 0.25) is 0 Å². The number of aromatic nitrogens is 2. The van der Waals surface area contributed by atoms with Crippen LogP contribution in [0.15, 0.2) is 57.2 Å². The fraction of sp³-hybridized carbons (Fsp3) is 0.375. The van der Waals surface area contributed by atoms with Crippen molar-refractivity contribution in [2.45, 2.75) is 35.4 Å². The average molecular weight is 749 g/mol. The number of hydrogen-bond acceptors (Lipinski definition) is 15. The van der Waals surface area contributed by atoms with Crippen LogP contribution >= 0.6 is 46.2 Å². The Labute approximate surface area is 296 Å². The van der Waals surface area contributed by atoms with Gasteiger partial charge in [-0.15, -0.1) is 22.7 Å². The molecule has 0 amide bonds. The van der Waals surface area contributed by atoms with Crippen LogP contribution in [0.3, 0.4) is 0 Å². The van der Waals surface area contributed by atoms with E-state index in [1.807, 2.05) is 48.5 Å². The van der Waals surface area contributed by atoms with Gasteiger partial charge >= 0.3 is 35.8 Å². The lowest BCUT2D eigenvalue weighted by molar-refractivity contribution is -0.168. The van der Waals surface area contributed by atoms with Gasteiger partial charge in [-0.3, -0.25) is 28.8 Å². The van der Waals surface area contributed by atoms with Crippen LogP contribution < -0.4 is 0 Å². The molecule has 2 N–H and O–H groups in total. The van der Waals surface area contributed by atoms with E-state index in [1.54, 1.807) is 13.8 Å². The van der Waals surface area contributed by atoms with E-state index in [9.17, 15) is 39.0 Å². The molecule has 4 atom stereocenters. The summed E-state index contributed by atoms with van der Waals surface area (Å²) in [5.41, 5.74) is 1.47. The Balaban J connectivity index is 1.43. The van der Waals surface area contributed by atoms with Crippen molar-refractivity contribution in [2.75, 3.05) is 24.7 Å². The highest BCUT2D eigenvalue weighted by atomic mass is 32.2. The first-order chi connectivity index (χ1) is 23.5. The van der Waals surface area contributed by atoms with E-state index in [0.29, 0.717) is 8.68 Å². The van der Waals surface area contributed by atoms with Crippen LogP contribution in [0.1, 0.15) is 26.7 Å². The SMILES string of the molecule is CCOC(=O)C(CSc1nc2ccccc2s1)C(CC(=O)OC(=O)CC(C(=O)O)C(CSc1nc2ccccc2s1)C(=O)OCC)C(=O)O. The Morgan fingerprint density at radius 2 is 1.04 bits per heavy atom. The third kappa shape index (κ3) is 10.5. The quantitative estimate of drug-likeness (QED) is 0.0567. The number of rotatable bonds is 18. The normalized spacial score (nSPS) is 13.7. The van der Waals surface area contributed by atoms with E-state index in [4.69, 9.17) is 14.2 Å². The molecule has 13 nitrogen and oxygen atoms in total. The van der Waals surface area contributed by atoms with E-state index < -0.39 is 72.3 Å². The summed E-state index contributed by atoms with van der Waals surface area (Å²) in [6.07, 6.45) is -1.76. The highest BCUT2D eigenvalue weighted by molar-refractivity contribution is 8.01. The number of hydrogen-bond donors (Lipinski definition) is 2. The first-order valence-electron chi connectivity index (χ1n) is 15.0. The predicted molar refractivity (Wildman–Crippen MR) is 184 cm³/mol. The maximum atomic E-state index is 12.9. The lowest BCUT2D eigenvalue weighted by Gasteiger charge is -2.22. The molecule has 0 aliphatic heterocycles. The number of aliphatic carboxylic acids is 2. The molecule has 2 heterocycles.